The van der Waals surface area contributed by atoms with E-state index in [-0.39, 0.29) is 12.1 Å². The monoisotopic (exact) mass is 442 g/mol. The molecule has 2 aromatic carbocycles. The lowest BCUT2D eigenvalue weighted by molar-refractivity contribution is 0.0926. The Morgan fingerprint density at radius 1 is 1.18 bits per heavy atom. The van der Waals surface area contributed by atoms with E-state index in [4.69, 9.17) is 5.26 Å². The lowest BCUT2D eigenvalue weighted by atomic mass is 10.0. The van der Waals surface area contributed by atoms with Crippen molar-refractivity contribution in [3.63, 3.8) is 0 Å². The molecule has 9 nitrogen and oxygen atoms in total. The van der Waals surface area contributed by atoms with Crippen LogP contribution in [0.3, 0.4) is 0 Å². The summed E-state index contributed by atoms with van der Waals surface area (Å²) in [5.74, 6) is 0.375. The number of aromatic amines is 1. The molecule has 1 amide bonds. The van der Waals surface area contributed by atoms with Crippen molar-refractivity contribution in [2.45, 2.75) is 19.0 Å². The van der Waals surface area contributed by atoms with Gasteiger partial charge in [-0.05, 0) is 24.1 Å². The Hall–Kier alpha value is -4.32. The normalized spacial score (nSPS) is 15.4. The Morgan fingerprint density at radius 3 is 2.79 bits per heavy atom. The van der Waals surface area contributed by atoms with Gasteiger partial charge >= 0.3 is 0 Å². The van der Waals surface area contributed by atoms with Crippen LogP contribution in [0.25, 0.3) is 0 Å². The maximum Gasteiger partial charge on any atom is 0.255 e. The number of carbonyl (C=O) groups is 1. The molecule has 168 valence electrons. The molecule has 0 saturated carbocycles. The lowest BCUT2D eigenvalue weighted by Crippen LogP contribution is -2.47. The number of aliphatic imine (C=N–C) groups is 1. The summed E-state index contributed by atoms with van der Waals surface area (Å²) in [5.41, 5.74) is 3.61. The van der Waals surface area contributed by atoms with Crippen LogP contribution in [0, 0.1) is 11.5 Å². The number of amides is 1. The number of carbonyl (C=O) groups excluding carboxylic acids is 1. The first kappa shape index (κ1) is 21.9. The van der Waals surface area contributed by atoms with Gasteiger partial charge in [0.25, 0.3) is 5.91 Å². The number of nitrogens with one attached hydrogen (secondary N) is 4. The number of nitriles is 1. The number of para-hydroxylation sites is 1. The molecule has 2 heterocycles. The van der Waals surface area contributed by atoms with Crippen molar-refractivity contribution >= 4 is 17.6 Å². The predicted octanol–water partition coefficient (Wildman–Crippen LogP) is 2.31. The van der Waals surface area contributed by atoms with Crippen molar-refractivity contribution in [3.05, 3.63) is 83.9 Å². The lowest BCUT2D eigenvalue weighted by Gasteiger charge is -2.39. The third-order valence-corrected chi connectivity index (χ3v) is 5.40. The number of nitrogens with zero attached hydrogens (tertiary/aromatic N) is 4. The summed E-state index contributed by atoms with van der Waals surface area (Å²) in [7, 11) is 0. The van der Waals surface area contributed by atoms with E-state index in [2.05, 4.69) is 35.8 Å². The largest absolute Gasteiger partial charge is 0.355 e. The van der Waals surface area contributed by atoms with Crippen molar-refractivity contribution < 1.29 is 4.79 Å². The number of anilines is 1. The van der Waals surface area contributed by atoms with Gasteiger partial charge in [-0.15, -0.1) is 0 Å². The molecule has 33 heavy (non-hydrogen) atoms. The molecule has 4 N–H and O–H groups in total. The molecule has 9 heteroatoms. The van der Waals surface area contributed by atoms with Gasteiger partial charge in [-0.1, -0.05) is 42.5 Å². The first-order chi connectivity index (χ1) is 16.3. The third kappa shape index (κ3) is 5.49. The minimum absolute atomic E-state index is 0.0734. The van der Waals surface area contributed by atoms with Gasteiger partial charge in [-0.3, -0.25) is 15.1 Å². The van der Waals surface area contributed by atoms with Crippen LogP contribution in [0.15, 0.2) is 72.1 Å². The van der Waals surface area contributed by atoms with Crippen LogP contribution in [0.5, 0.6) is 0 Å². The fourth-order valence-electron chi connectivity index (χ4n) is 3.84. The smallest absolute Gasteiger partial charge is 0.255 e. The number of imidazole rings is 1. The zero-order chi connectivity index (χ0) is 22.9. The van der Waals surface area contributed by atoms with Crippen molar-refractivity contribution in [2.24, 2.45) is 4.99 Å². The highest BCUT2D eigenvalue weighted by Crippen LogP contribution is 2.32. The number of hydrogen-bond acceptors (Lipinski definition) is 5. The molecule has 0 aliphatic carbocycles. The molecule has 0 fully saturated rings. The topological polar surface area (TPSA) is 121 Å². The molecule has 0 saturated heterocycles. The Bertz CT molecular complexity index is 1120. The summed E-state index contributed by atoms with van der Waals surface area (Å²) in [6, 6.07) is 17.6. The molecule has 1 aliphatic heterocycles. The van der Waals surface area contributed by atoms with E-state index in [9.17, 15) is 4.79 Å². The van der Waals surface area contributed by atoms with Crippen LogP contribution in [-0.2, 0) is 6.42 Å². The summed E-state index contributed by atoms with van der Waals surface area (Å²) < 4.78 is 0. The Labute approximate surface area is 192 Å². The van der Waals surface area contributed by atoms with E-state index in [1.54, 1.807) is 12.5 Å². The average molecular weight is 443 g/mol. The quantitative estimate of drug-likeness (QED) is 0.140. The van der Waals surface area contributed by atoms with Gasteiger partial charge in [0.2, 0.25) is 5.96 Å². The van der Waals surface area contributed by atoms with Crippen molar-refractivity contribution in [3.8, 4) is 6.19 Å². The average Bonchev–Trinajstić information content (AvgIpc) is 3.37. The van der Waals surface area contributed by atoms with Crippen LogP contribution in [0.2, 0.25) is 0 Å². The molecule has 0 spiro atoms. The zero-order valence-corrected chi connectivity index (χ0v) is 18.2. The van der Waals surface area contributed by atoms with Crippen LogP contribution in [0.1, 0.15) is 34.2 Å². The molecular formula is C24H26N8O. The summed E-state index contributed by atoms with van der Waals surface area (Å²) >= 11 is 0. The van der Waals surface area contributed by atoms with Crippen LogP contribution in [0.4, 0.5) is 5.69 Å². The predicted molar refractivity (Wildman–Crippen MR) is 126 cm³/mol. The number of fused-ring (bicyclic) bond motifs is 1. The van der Waals surface area contributed by atoms with Crippen LogP contribution >= 0.6 is 0 Å². The van der Waals surface area contributed by atoms with Crippen molar-refractivity contribution in [1.82, 2.24) is 25.9 Å². The molecule has 1 unspecified atom stereocenters. The second-order valence-corrected chi connectivity index (χ2v) is 7.57. The fraction of sp³-hybridized carbons (Fsp3) is 0.250. The van der Waals surface area contributed by atoms with Gasteiger partial charge in [0.05, 0.1) is 17.6 Å². The molecule has 0 bridgehead atoms. The molecule has 4 rings (SSSR count). The Morgan fingerprint density at radius 2 is 2.00 bits per heavy atom. The van der Waals surface area contributed by atoms with E-state index >= 15 is 0 Å². The van der Waals surface area contributed by atoms with E-state index in [1.165, 1.54) is 0 Å². The van der Waals surface area contributed by atoms with Gasteiger partial charge < -0.3 is 20.5 Å². The molecule has 1 aromatic heterocycles. The summed E-state index contributed by atoms with van der Waals surface area (Å²) in [5, 5.41) is 17.9. The molecule has 0 radical (unpaired) electrons. The second kappa shape index (κ2) is 10.8. The van der Waals surface area contributed by atoms with Gasteiger partial charge in [0.15, 0.2) is 6.19 Å². The molecular weight excluding hydrogens is 416 g/mol. The molecule has 3 aromatic rings. The number of benzene rings is 2. The zero-order valence-electron chi connectivity index (χ0n) is 18.2. The van der Waals surface area contributed by atoms with Crippen LogP contribution in [-0.4, -0.2) is 41.5 Å². The SMILES string of the molecule is N#CNC(=NCCCN1c2ccccc2C(=O)NC1c1ccccc1)NCCc1cnc[nH]1. The number of H-pyrrole nitrogens is 1. The molecule has 1 atom stereocenters. The van der Waals surface area contributed by atoms with E-state index in [1.807, 2.05) is 60.8 Å². The highest BCUT2D eigenvalue weighted by atomic mass is 16.2. The minimum Gasteiger partial charge on any atom is -0.355 e. The van der Waals surface area contributed by atoms with Gasteiger partial charge in [-0.2, -0.15) is 5.26 Å². The summed E-state index contributed by atoms with van der Waals surface area (Å²) in [6.45, 7) is 1.83. The van der Waals surface area contributed by atoms with E-state index in [0.29, 0.717) is 31.2 Å². The first-order valence-corrected chi connectivity index (χ1v) is 10.9. The van der Waals surface area contributed by atoms with E-state index in [0.717, 1.165) is 29.8 Å². The number of rotatable bonds is 8. The van der Waals surface area contributed by atoms with Gasteiger partial charge in [-0.25, -0.2) is 4.98 Å². The van der Waals surface area contributed by atoms with Crippen molar-refractivity contribution in [1.29, 1.82) is 5.26 Å². The highest BCUT2D eigenvalue weighted by molar-refractivity contribution is 6.02. The van der Waals surface area contributed by atoms with Crippen molar-refractivity contribution in [2.75, 3.05) is 24.5 Å². The Kier molecular flexibility index (Phi) is 7.18. The summed E-state index contributed by atoms with van der Waals surface area (Å²) in [4.78, 5) is 26.4. The van der Waals surface area contributed by atoms with Gasteiger partial charge in [0.1, 0.15) is 6.17 Å². The van der Waals surface area contributed by atoms with Crippen LogP contribution < -0.4 is 20.9 Å². The minimum atomic E-state index is -0.248. The third-order valence-electron chi connectivity index (χ3n) is 5.40. The molecule has 1 aliphatic rings. The van der Waals surface area contributed by atoms with E-state index < -0.39 is 0 Å². The standard InChI is InChI=1S/C24H26N8O/c25-16-29-24(28-13-11-19-15-26-17-30-19)27-12-6-14-32-21-10-5-4-9-20(21)23(33)31-22(32)18-7-2-1-3-8-18/h1-5,7-10,15,17,22H,6,11-14H2,(H,26,30)(H,31,33)(H2,27,28,29). The fourth-order valence-corrected chi connectivity index (χ4v) is 3.84. The summed E-state index contributed by atoms with van der Waals surface area (Å²) in [6.07, 6.45) is 6.58. The maximum atomic E-state index is 12.7. The van der Waals surface area contributed by atoms with Gasteiger partial charge in [0, 0.05) is 37.9 Å². The number of guanidine groups is 1. The highest BCUT2D eigenvalue weighted by Gasteiger charge is 2.30. The Balaban J connectivity index is 1.41. The number of hydrogen-bond donors (Lipinski definition) is 4. The second-order valence-electron chi connectivity index (χ2n) is 7.57. The maximum absolute atomic E-state index is 12.7. The number of aromatic nitrogens is 2. The first-order valence-electron chi connectivity index (χ1n) is 10.9.